The van der Waals surface area contributed by atoms with Crippen LogP contribution in [0.1, 0.15) is 21.6 Å². The lowest BCUT2D eigenvalue weighted by Crippen LogP contribution is -2.05. The highest BCUT2D eigenvalue weighted by molar-refractivity contribution is 6.09. The molecule has 1 aromatic heterocycles. The molecule has 0 unspecified atom stereocenters. The van der Waals surface area contributed by atoms with Crippen molar-refractivity contribution in [3.63, 3.8) is 0 Å². The number of pyridine rings is 1. The number of carbonyl (C=O) groups is 1. The normalized spacial score (nSPS) is 12.9. The highest BCUT2D eigenvalue weighted by Crippen LogP contribution is 2.30. The second kappa shape index (κ2) is 4.01. The van der Waals surface area contributed by atoms with Crippen molar-refractivity contribution in [2.45, 2.75) is 6.42 Å². The van der Waals surface area contributed by atoms with E-state index in [2.05, 4.69) is 4.98 Å². The fourth-order valence-corrected chi connectivity index (χ4v) is 2.03. The van der Waals surface area contributed by atoms with Gasteiger partial charge < -0.3 is 4.74 Å². The van der Waals surface area contributed by atoms with Crippen LogP contribution in [0.3, 0.4) is 0 Å². The van der Waals surface area contributed by atoms with Gasteiger partial charge in [-0.3, -0.25) is 9.78 Å². The van der Waals surface area contributed by atoms with Gasteiger partial charge in [-0.15, -0.1) is 0 Å². The lowest BCUT2D eigenvalue weighted by Gasteiger charge is -2.06. The third-order valence-electron chi connectivity index (χ3n) is 2.86. The number of hydrogen-bond donors (Lipinski definition) is 0. The number of aromatic nitrogens is 1. The summed E-state index contributed by atoms with van der Waals surface area (Å²) >= 11 is 0. The topological polar surface area (TPSA) is 39.2 Å². The van der Waals surface area contributed by atoms with Gasteiger partial charge >= 0.3 is 0 Å². The number of carbonyl (C=O) groups excluding carboxylic acids is 1. The third kappa shape index (κ3) is 1.69. The minimum absolute atomic E-state index is 0.0793. The van der Waals surface area contributed by atoms with Crippen LogP contribution in [-0.4, -0.2) is 17.4 Å². The van der Waals surface area contributed by atoms with Crippen molar-refractivity contribution in [3.8, 4) is 5.75 Å². The van der Waals surface area contributed by atoms with Crippen LogP contribution in [0.4, 0.5) is 0 Å². The zero-order chi connectivity index (χ0) is 11.7. The van der Waals surface area contributed by atoms with Gasteiger partial charge in [0.15, 0.2) is 0 Å². The van der Waals surface area contributed by atoms with E-state index in [-0.39, 0.29) is 5.78 Å². The van der Waals surface area contributed by atoms with Crippen molar-refractivity contribution in [2.75, 3.05) is 6.61 Å². The highest BCUT2D eigenvalue weighted by Gasteiger charge is 2.21. The zero-order valence-electron chi connectivity index (χ0n) is 9.22. The Kier molecular flexibility index (Phi) is 2.37. The fraction of sp³-hybridized carbons (Fsp3) is 0.143. The molecule has 0 saturated heterocycles. The van der Waals surface area contributed by atoms with Crippen molar-refractivity contribution >= 4 is 5.78 Å². The van der Waals surface area contributed by atoms with Crippen molar-refractivity contribution in [1.29, 1.82) is 0 Å². The second-order valence-electron chi connectivity index (χ2n) is 3.94. The predicted octanol–water partition coefficient (Wildman–Crippen LogP) is 2.25. The molecule has 1 aromatic carbocycles. The predicted molar refractivity (Wildman–Crippen MR) is 63.3 cm³/mol. The Labute approximate surface area is 99.1 Å². The van der Waals surface area contributed by atoms with E-state index in [0.29, 0.717) is 17.9 Å². The summed E-state index contributed by atoms with van der Waals surface area (Å²) in [6.07, 6.45) is 2.50. The van der Waals surface area contributed by atoms with E-state index in [4.69, 9.17) is 4.74 Å². The first kappa shape index (κ1) is 10.0. The minimum atomic E-state index is -0.0793. The monoisotopic (exact) mass is 225 g/mol. The number of nitrogens with zero attached hydrogens (tertiary/aromatic N) is 1. The van der Waals surface area contributed by atoms with Crippen molar-refractivity contribution in [3.05, 3.63) is 59.4 Å². The Hall–Kier alpha value is -2.16. The molecule has 3 rings (SSSR count). The van der Waals surface area contributed by atoms with Crippen molar-refractivity contribution in [2.24, 2.45) is 0 Å². The molecule has 2 heterocycles. The minimum Gasteiger partial charge on any atom is -0.492 e. The van der Waals surface area contributed by atoms with Crippen LogP contribution in [0, 0.1) is 0 Å². The van der Waals surface area contributed by atoms with Crippen molar-refractivity contribution < 1.29 is 9.53 Å². The lowest BCUT2D eigenvalue weighted by atomic mass is 10.0. The van der Waals surface area contributed by atoms with Gasteiger partial charge in [0.25, 0.3) is 0 Å². The van der Waals surface area contributed by atoms with Crippen LogP contribution in [0.5, 0.6) is 5.75 Å². The Morgan fingerprint density at radius 1 is 1.18 bits per heavy atom. The molecule has 1 aliphatic rings. The molecule has 0 saturated carbocycles. The first-order valence-electron chi connectivity index (χ1n) is 5.56. The SMILES string of the molecule is O=C(c1ccccn1)c1cccc2c1OCC2. The van der Waals surface area contributed by atoms with E-state index in [9.17, 15) is 4.79 Å². The van der Waals surface area contributed by atoms with Gasteiger partial charge in [-0.25, -0.2) is 0 Å². The first-order chi connectivity index (χ1) is 8.36. The van der Waals surface area contributed by atoms with Crippen LogP contribution in [0.2, 0.25) is 0 Å². The van der Waals surface area contributed by atoms with E-state index in [1.54, 1.807) is 24.4 Å². The maximum atomic E-state index is 12.3. The van der Waals surface area contributed by atoms with E-state index >= 15 is 0 Å². The number of benzene rings is 1. The van der Waals surface area contributed by atoms with E-state index in [0.717, 1.165) is 17.7 Å². The van der Waals surface area contributed by atoms with Crippen LogP contribution in [0.15, 0.2) is 42.6 Å². The maximum absolute atomic E-state index is 12.3. The molecule has 84 valence electrons. The van der Waals surface area contributed by atoms with Gasteiger partial charge in [-0.05, 0) is 23.8 Å². The molecule has 0 N–H and O–H groups in total. The fourth-order valence-electron chi connectivity index (χ4n) is 2.03. The number of ether oxygens (including phenoxy) is 1. The molecular weight excluding hydrogens is 214 g/mol. The molecule has 3 nitrogen and oxygen atoms in total. The average molecular weight is 225 g/mol. The van der Waals surface area contributed by atoms with Gasteiger partial charge in [-0.2, -0.15) is 0 Å². The average Bonchev–Trinajstić information content (AvgIpc) is 2.87. The molecule has 0 aliphatic carbocycles. The number of hydrogen-bond acceptors (Lipinski definition) is 3. The molecule has 1 aliphatic heterocycles. The molecular formula is C14H11NO2. The molecule has 0 amide bonds. The quantitative estimate of drug-likeness (QED) is 0.736. The summed E-state index contributed by atoms with van der Waals surface area (Å²) in [5, 5.41) is 0. The molecule has 3 heteroatoms. The molecule has 0 bridgehead atoms. The molecule has 2 aromatic rings. The smallest absolute Gasteiger partial charge is 0.215 e. The van der Waals surface area contributed by atoms with Crippen LogP contribution < -0.4 is 4.74 Å². The Morgan fingerprint density at radius 2 is 2.12 bits per heavy atom. The van der Waals surface area contributed by atoms with Crippen molar-refractivity contribution in [1.82, 2.24) is 4.98 Å². The standard InChI is InChI=1S/C14H11NO2/c16-13(12-6-1-2-8-15-12)11-5-3-4-10-7-9-17-14(10)11/h1-6,8H,7,9H2. The van der Waals surface area contributed by atoms with E-state index in [1.807, 2.05) is 18.2 Å². The molecule has 0 radical (unpaired) electrons. The number of rotatable bonds is 2. The summed E-state index contributed by atoms with van der Waals surface area (Å²) in [5.74, 6) is 0.646. The summed E-state index contributed by atoms with van der Waals surface area (Å²) in [6, 6.07) is 11.0. The molecule has 0 atom stereocenters. The zero-order valence-corrected chi connectivity index (χ0v) is 9.22. The van der Waals surface area contributed by atoms with Gasteiger partial charge in [0.2, 0.25) is 5.78 Å². The summed E-state index contributed by atoms with van der Waals surface area (Å²) in [4.78, 5) is 16.3. The Morgan fingerprint density at radius 3 is 2.94 bits per heavy atom. The second-order valence-corrected chi connectivity index (χ2v) is 3.94. The van der Waals surface area contributed by atoms with Crippen LogP contribution in [-0.2, 0) is 6.42 Å². The van der Waals surface area contributed by atoms with E-state index < -0.39 is 0 Å². The summed E-state index contributed by atoms with van der Waals surface area (Å²) in [7, 11) is 0. The summed E-state index contributed by atoms with van der Waals surface area (Å²) in [6.45, 7) is 0.655. The van der Waals surface area contributed by atoms with Gasteiger partial charge in [0.05, 0.1) is 12.2 Å². The maximum Gasteiger partial charge on any atom is 0.215 e. The lowest BCUT2D eigenvalue weighted by molar-refractivity contribution is 0.103. The summed E-state index contributed by atoms with van der Waals surface area (Å²) in [5.41, 5.74) is 2.17. The van der Waals surface area contributed by atoms with Crippen LogP contribution in [0.25, 0.3) is 0 Å². The third-order valence-corrected chi connectivity index (χ3v) is 2.86. The Balaban J connectivity index is 2.06. The first-order valence-corrected chi connectivity index (χ1v) is 5.56. The number of ketones is 1. The molecule has 0 fully saturated rings. The number of fused-ring (bicyclic) bond motifs is 1. The summed E-state index contributed by atoms with van der Waals surface area (Å²) < 4.78 is 5.52. The van der Waals surface area contributed by atoms with Gasteiger partial charge in [0.1, 0.15) is 11.4 Å². The van der Waals surface area contributed by atoms with Gasteiger partial charge in [0, 0.05) is 12.6 Å². The highest BCUT2D eigenvalue weighted by atomic mass is 16.5. The Bertz CT molecular complexity index is 564. The van der Waals surface area contributed by atoms with Crippen LogP contribution >= 0.6 is 0 Å². The number of para-hydroxylation sites is 1. The molecule has 0 spiro atoms. The van der Waals surface area contributed by atoms with E-state index in [1.165, 1.54) is 0 Å². The molecule has 17 heavy (non-hydrogen) atoms. The largest absolute Gasteiger partial charge is 0.492 e. The van der Waals surface area contributed by atoms with Gasteiger partial charge in [-0.1, -0.05) is 18.2 Å².